The quantitative estimate of drug-likeness (QED) is 0.353. The largest absolute Gasteiger partial charge is 0.435 e. The molecule has 0 spiro atoms. The van der Waals surface area contributed by atoms with E-state index in [2.05, 4.69) is 20.2 Å². The lowest BCUT2D eigenvalue weighted by atomic mass is 10.2. The topological polar surface area (TPSA) is 122 Å². The van der Waals surface area contributed by atoms with Gasteiger partial charge in [-0.25, -0.2) is 15.1 Å². The number of alkyl halides is 6. The maximum absolute atomic E-state index is 13.4. The second kappa shape index (κ2) is 10.5. The van der Waals surface area contributed by atoms with E-state index in [9.17, 15) is 35.9 Å². The molecule has 1 fully saturated rings. The highest BCUT2D eigenvalue weighted by Gasteiger charge is 2.39. The Balaban J connectivity index is 1.26. The van der Waals surface area contributed by atoms with Crippen molar-refractivity contribution in [3.63, 3.8) is 0 Å². The third-order valence-electron chi connectivity index (χ3n) is 5.92. The van der Waals surface area contributed by atoms with Crippen LogP contribution in [0.3, 0.4) is 0 Å². The van der Waals surface area contributed by atoms with Crippen LogP contribution in [0.5, 0.6) is 0 Å². The van der Waals surface area contributed by atoms with Crippen LogP contribution in [0.15, 0.2) is 23.4 Å². The first-order valence-corrected chi connectivity index (χ1v) is 11.4. The Morgan fingerprint density at radius 3 is 2.37 bits per heavy atom. The van der Waals surface area contributed by atoms with Gasteiger partial charge in [0.2, 0.25) is 5.91 Å². The molecule has 1 atom stereocenters. The van der Waals surface area contributed by atoms with E-state index in [0.717, 1.165) is 17.1 Å². The number of ether oxygens (including phenoxy) is 1. The number of nitrogens with zero attached hydrogens (tertiary/aromatic N) is 7. The molecule has 3 aromatic heterocycles. The Hall–Kier alpha value is -3.76. The van der Waals surface area contributed by atoms with E-state index in [4.69, 9.17) is 4.74 Å². The Kier molecular flexibility index (Phi) is 7.57. The van der Waals surface area contributed by atoms with Gasteiger partial charge in [-0.2, -0.15) is 36.5 Å². The molecule has 1 saturated heterocycles. The molecular weight excluding hydrogens is 526 g/mol. The molecule has 1 unspecified atom stereocenters. The van der Waals surface area contributed by atoms with Gasteiger partial charge in [-0.15, -0.1) is 0 Å². The van der Waals surface area contributed by atoms with E-state index < -0.39 is 40.7 Å². The Bertz CT molecular complexity index is 1330. The second-order valence-corrected chi connectivity index (χ2v) is 8.55. The number of hydrogen-bond donors (Lipinski definition) is 1. The molecule has 3 aromatic rings. The van der Waals surface area contributed by atoms with Crippen molar-refractivity contribution in [2.45, 2.75) is 31.7 Å². The van der Waals surface area contributed by atoms with Crippen LogP contribution in [-0.2, 0) is 21.9 Å². The number of hydrogen-bond acceptors (Lipinski definition) is 8. The number of H-pyrrole nitrogens is 1. The van der Waals surface area contributed by atoms with Gasteiger partial charge in [0, 0.05) is 26.2 Å². The number of nitrogens with one attached hydrogen (secondary N) is 1. The highest BCUT2D eigenvalue weighted by molar-refractivity contribution is 5.80. The van der Waals surface area contributed by atoms with Gasteiger partial charge in [0.05, 0.1) is 49.8 Å². The molecule has 4 rings (SSSR count). The van der Waals surface area contributed by atoms with E-state index in [1.807, 2.05) is 5.10 Å². The lowest BCUT2D eigenvalue weighted by molar-refractivity contribution is -0.141. The summed E-state index contributed by atoms with van der Waals surface area (Å²) in [4.78, 5) is 34.9. The molecule has 0 aromatic carbocycles. The van der Waals surface area contributed by atoms with Crippen LogP contribution in [0.25, 0.3) is 10.9 Å². The fourth-order valence-electron chi connectivity index (χ4n) is 4.00. The van der Waals surface area contributed by atoms with Crippen LogP contribution in [0.1, 0.15) is 30.8 Å². The van der Waals surface area contributed by atoms with Gasteiger partial charge in [0.25, 0.3) is 5.56 Å². The van der Waals surface area contributed by atoms with Gasteiger partial charge in [-0.05, 0) is 6.92 Å². The van der Waals surface area contributed by atoms with E-state index in [0.29, 0.717) is 32.4 Å². The Morgan fingerprint density at radius 2 is 1.76 bits per heavy atom. The van der Waals surface area contributed by atoms with Crippen LogP contribution in [0, 0.1) is 0 Å². The molecule has 4 heterocycles. The summed E-state index contributed by atoms with van der Waals surface area (Å²) in [5, 5.41) is 8.47. The first kappa shape index (κ1) is 27.3. The van der Waals surface area contributed by atoms with Gasteiger partial charge >= 0.3 is 12.4 Å². The summed E-state index contributed by atoms with van der Waals surface area (Å²) >= 11 is 0. The van der Waals surface area contributed by atoms with Crippen LogP contribution in [0.4, 0.5) is 32.2 Å². The number of rotatable bonds is 7. The highest BCUT2D eigenvalue weighted by Crippen LogP contribution is 2.33. The minimum absolute atomic E-state index is 0.00205. The molecule has 1 aliphatic rings. The predicted molar refractivity (Wildman–Crippen MR) is 119 cm³/mol. The molecule has 206 valence electrons. The third kappa shape index (κ3) is 5.87. The van der Waals surface area contributed by atoms with Gasteiger partial charge in [0.15, 0.2) is 11.4 Å². The van der Waals surface area contributed by atoms with Crippen LogP contribution in [0.2, 0.25) is 0 Å². The van der Waals surface area contributed by atoms with Crippen LogP contribution >= 0.6 is 0 Å². The van der Waals surface area contributed by atoms with Crippen molar-refractivity contribution in [1.29, 1.82) is 0 Å². The second-order valence-electron chi connectivity index (χ2n) is 8.55. The highest BCUT2D eigenvalue weighted by atomic mass is 19.4. The number of aromatic nitrogens is 6. The Morgan fingerprint density at radius 1 is 1.05 bits per heavy atom. The fraction of sp³-hybridized carbons (Fsp3) is 0.524. The van der Waals surface area contributed by atoms with Crippen molar-refractivity contribution in [3.05, 3.63) is 40.3 Å². The number of carbonyl (C=O) groups is 1. The van der Waals surface area contributed by atoms with Crippen molar-refractivity contribution >= 4 is 22.6 Å². The minimum atomic E-state index is -4.84. The molecule has 0 saturated carbocycles. The van der Waals surface area contributed by atoms with Crippen molar-refractivity contribution in [1.82, 2.24) is 34.8 Å². The maximum atomic E-state index is 13.4. The zero-order valence-corrected chi connectivity index (χ0v) is 19.9. The third-order valence-corrected chi connectivity index (χ3v) is 5.92. The average Bonchev–Trinajstić information content (AvgIpc) is 3.28. The van der Waals surface area contributed by atoms with Crippen molar-refractivity contribution in [2.75, 3.05) is 44.3 Å². The van der Waals surface area contributed by atoms with Gasteiger partial charge in [-0.3, -0.25) is 14.3 Å². The van der Waals surface area contributed by atoms with Crippen LogP contribution < -0.4 is 10.5 Å². The molecular formula is C21H22F6N8O3. The SMILES string of the molecule is CC(COCCC(=O)N1CCN(c2cnc(C(F)(F)F)cn2)CC1)n1nc(C(F)(F)F)c2c(=O)[nH]ncc21. The summed E-state index contributed by atoms with van der Waals surface area (Å²) in [5.74, 6) is 0.0647. The monoisotopic (exact) mass is 548 g/mol. The average molecular weight is 548 g/mol. The number of halogens is 6. The standard InChI is InChI=1S/C21H22F6N8O3/c1-12(35-13-8-30-31-19(37)17(13)18(32-35)21(25,26)27)11-38-7-2-16(36)34-5-3-33(4-6-34)15-10-28-14(9-29-15)20(22,23)24/h8-10,12H,2-7,11H2,1H3,(H,31,37). The molecule has 38 heavy (non-hydrogen) atoms. The molecule has 0 radical (unpaired) electrons. The molecule has 1 aliphatic heterocycles. The van der Waals surface area contributed by atoms with Gasteiger partial charge in [-0.1, -0.05) is 0 Å². The lowest BCUT2D eigenvalue weighted by Gasteiger charge is -2.35. The van der Waals surface area contributed by atoms with Gasteiger partial charge < -0.3 is 14.5 Å². The number of anilines is 1. The molecule has 1 N–H and O–H groups in total. The summed E-state index contributed by atoms with van der Waals surface area (Å²) in [6.45, 7) is 2.82. The fourth-order valence-corrected chi connectivity index (χ4v) is 4.00. The molecule has 0 bridgehead atoms. The summed E-state index contributed by atoms with van der Waals surface area (Å²) < 4.78 is 84.5. The zero-order chi connectivity index (χ0) is 27.7. The number of aromatic amines is 1. The summed E-state index contributed by atoms with van der Waals surface area (Å²) in [6.07, 6.45) is -6.62. The molecule has 17 heteroatoms. The number of carbonyl (C=O) groups excluding carboxylic acids is 1. The Labute approximate surface area is 210 Å². The minimum Gasteiger partial charge on any atom is -0.379 e. The van der Waals surface area contributed by atoms with E-state index in [1.165, 1.54) is 0 Å². The maximum Gasteiger partial charge on any atom is 0.435 e. The summed E-state index contributed by atoms with van der Waals surface area (Å²) in [5.41, 5.74) is -3.51. The lowest BCUT2D eigenvalue weighted by Crippen LogP contribution is -2.49. The predicted octanol–water partition coefficient (Wildman–Crippen LogP) is 2.26. The normalized spacial score (nSPS) is 15.8. The van der Waals surface area contributed by atoms with Gasteiger partial charge in [0.1, 0.15) is 11.2 Å². The first-order valence-electron chi connectivity index (χ1n) is 11.4. The summed E-state index contributed by atoms with van der Waals surface area (Å²) in [7, 11) is 0. The van der Waals surface area contributed by atoms with Crippen molar-refractivity contribution in [3.8, 4) is 0 Å². The van der Waals surface area contributed by atoms with E-state index in [1.54, 1.807) is 16.7 Å². The number of fused-ring (bicyclic) bond motifs is 1. The van der Waals surface area contributed by atoms with Crippen molar-refractivity contribution in [2.24, 2.45) is 0 Å². The van der Waals surface area contributed by atoms with E-state index >= 15 is 0 Å². The summed E-state index contributed by atoms with van der Waals surface area (Å²) in [6, 6.07) is -0.694. The molecule has 1 amide bonds. The zero-order valence-electron chi connectivity index (χ0n) is 19.9. The smallest absolute Gasteiger partial charge is 0.379 e. The van der Waals surface area contributed by atoms with E-state index in [-0.39, 0.29) is 36.9 Å². The molecule has 0 aliphatic carbocycles. The number of piperazine rings is 1. The van der Waals surface area contributed by atoms with Crippen LogP contribution in [-0.4, -0.2) is 80.1 Å². The molecule has 11 nitrogen and oxygen atoms in total. The first-order chi connectivity index (χ1) is 17.9. The number of amides is 1. The van der Waals surface area contributed by atoms with Crippen molar-refractivity contribution < 1.29 is 35.9 Å².